The average molecular weight is 577 g/mol. The van der Waals surface area contributed by atoms with Crippen molar-refractivity contribution in [3.05, 3.63) is 83.4 Å². The molecule has 1 atom stereocenters. The average Bonchev–Trinajstić information content (AvgIpc) is 3.00. The van der Waals surface area contributed by atoms with E-state index < -0.39 is 12.0 Å². The molecule has 224 valence electrons. The number of unbranched alkanes of at least 4 members (excludes halogenated alkanes) is 3. The van der Waals surface area contributed by atoms with Gasteiger partial charge in [-0.25, -0.2) is 10.9 Å². The number of carbonyl (C=O) groups is 4. The number of hydrogen-bond donors (Lipinski definition) is 3. The second-order valence-electron chi connectivity index (χ2n) is 10.2. The molecule has 2 aromatic carbocycles. The fraction of sp³-hybridized carbons (Fsp3) is 0.406. The van der Waals surface area contributed by atoms with Gasteiger partial charge in [0.05, 0.1) is 12.8 Å². The van der Waals surface area contributed by atoms with Crippen molar-refractivity contribution in [1.82, 2.24) is 15.8 Å². The minimum atomic E-state index is -0.561. The molecular weight excluding hydrogens is 536 g/mol. The molecule has 0 fully saturated rings. The highest BCUT2D eigenvalue weighted by atomic mass is 16.5. The van der Waals surface area contributed by atoms with Gasteiger partial charge in [-0.3, -0.25) is 24.4 Å². The number of amides is 3. The fourth-order valence-corrected chi connectivity index (χ4v) is 4.50. The molecule has 0 aromatic heterocycles. The zero-order valence-corrected chi connectivity index (χ0v) is 23.9. The van der Waals surface area contributed by atoms with Gasteiger partial charge in [0.1, 0.15) is 6.10 Å². The zero-order chi connectivity index (χ0) is 30.0. The number of hydrazone groups is 1. The summed E-state index contributed by atoms with van der Waals surface area (Å²) in [4.78, 5) is 50.4. The summed E-state index contributed by atoms with van der Waals surface area (Å²) in [5, 5.41) is 12.5. The summed E-state index contributed by atoms with van der Waals surface area (Å²) in [7, 11) is 0. The first-order valence-electron chi connectivity index (χ1n) is 14.5. The van der Waals surface area contributed by atoms with Crippen LogP contribution < -0.4 is 10.9 Å². The van der Waals surface area contributed by atoms with Crippen LogP contribution in [0.5, 0.6) is 0 Å². The Labute approximate surface area is 246 Å². The van der Waals surface area contributed by atoms with Gasteiger partial charge in [-0.15, -0.1) is 0 Å². The van der Waals surface area contributed by atoms with E-state index in [0.29, 0.717) is 51.5 Å². The van der Waals surface area contributed by atoms with Crippen LogP contribution in [0.2, 0.25) is 0 Å². The topological polar surface area (TPSA) is 137 Å². The third-order valence-corrected chi connectivity index (χ3v) is 6.83. The highest BCUT2D eigenvalue weighted by Gasteiger charge is 2.24. The van der Waals surface area contributed by atoms with Crippen molar-refractivity contribution in [3.8, 4) is 0 Å². The maximum Gasteiger partial charge on any atom is 0.306 e. The SMILES string of the molecule is O=C(CCCCCCC(=O)N/N=C/c1ccc(CN2C[C@H](c3ccccc3)OC(=O)CC/C=C/CCC2=O)cc1)NO. The summed E-state index contributed by atoms with van der Waals surface area (Å²) in [6.45, 7) is 0.619. The molecule has 10 heteroatoms. The zero-order valence-electron chi connectivity index (χ0n) is 23.9. The largest absolute Gasteiger partial charge is 0.456 e. The normalized spacial score (nSPS) is 17.2. The van der Waals surface area contributed by atoms with Gasteiger partial charge in [0.25, 0.3) is 0 Å². The second kappa shape index (κ2) is 18.2. The highest BCUT2D eigenvalue weighted by Crippen LogP contribution is 2.22. The number of hydroxylamine groups is 1. The van der Waals surface area contributed by atoms with E-state index in [1.165, 1.54) is 0 Å². The van der Waals surface area contributed by atoms with Crippen LogP contribution in [0.25, 0.3) is 0 Å². The Morgan fingerprint density at radius 1 is 0.905 bits per heavy atom. The maximum absolute atomic E-state index is 13.2. The van der Waals surface area contributed by atoms with E-state index in [1.54, 1.807) is 16.6 Å². The molecule has 1 aliphatic heterocycles. The van der Waals surface area contributed by atoms with Gasteiger partial charge in [0, 0.05) is 32.2 Å². The minimum Gasteiger partial charge on any atom is -0.456 e. The quantitative estimate of drug-likeness (QED) is 0.0835. The Balaban J connectivity index is 1.54. The summed E-state index contributed by atoms with van der Waals surface area (Å²) in [6.07, 6.45) is 10.3. The standard InChI is InChI=1S/C32H40N4O6/c37-29(14-8-1-2-9-15-30(38)35-41)34-33-22-25-18-20-26(21-19-25)23-36-24-28(27-12-6-5-7-13-27)42-32(40)17-11-4-3-10-16-31(36)39/h3-7,12-13,18-22,28,41H,1-2,8-11,14-17,23-24H2,(H,34,37)(H,35,38)/b4-3+,33-22+/t28-/m1/s1. The summed E-state index contributed by atoms with van der Waals surface area (Å²) in [5.41, 5.74) is 6.69. The lowest BCUT2D eigenvalue weighted by molar-refractivity contribution is -0.152. The number of benzene rings is 2. The number of allylic oxidation sites excluding steroid dienone is 2. The lowest BCUT2D eigenvalue weighted by Gasteiger charge is -2.28. The van der Waals surface area contributed by atoms with E-state index >= 15 is 0 Å². The van der Waals surface area contributed by atoms with Crippen LogP contribution in [0.4, 0.5) is 0 Å². The molecule has 1 heterocycles. The minimum absolute atomic E-state index is 0.0128. The molecule has 0 radical (unpaired) electrons. The predicted octanol–water partition coefficient (Wildman–Crippen LogP) is 4.73. The van der Waals surface area contributed by atoms with Crippen molar-refractivity contribution in [1.29, 1.82) is 0 Å². The van der Waals surface area contributed by atoms with Crippen LogP contribution in [0, 0.1) is 0 Å². The number of esters is 1. The van der Waals surface area contributed by atoms with Crippen LogP contribution in [0.15, 0.2) is 71.9 Å². The first-order chi connectivity index (χ1) is 20.4. The number of carbonyl (C=O) groups excluding carboxylic acids is 4. The Morgan fingerprint density at radius 2 is 1.57 bits per heavy atom. The third kappa shape index (κ3) is 12.1. The molecule has 0 aliphatic carbocycles. The monoisotopic (exact) mass is 576 g/mol. The maximum atomic E-state index is 13.2. The molecule has 2 aromatic rings. The van der Waals surface area contributed by atoms with Gasteiger partial charge in [-0.2, -0.15) is 5.10 Å². The van der Waals surface area contributed by atoms with E-state index in [2.05, 4.69) is 10.5 Å². The highest BCUT2D eigenvalue weighted by molar-refractivity contribution is 5.82. The van der Waals surface area contributed by atoms with Crippen molar-refractivity contribution in [2.24, 2.45) is 5.10 Å². The molecule has 10 nitrogen and oxygen atoms in total. The summed E-state index contributed by atoms with van der Waals surface area (Å²) in [5.74, 6) is -0.893. The van der Waals surface area contributed by atoms with E-state index in [0.717, 1.165) is 29.5 Å². The third-order valence-electron chi connectivity index (χ3n) is 6.83. The summed E-state index contributed by atoms with van der Waals surface area (Å²) < 4.78 is 5.82. The number of rotatable bonds is 12. The van der Waals surface area contributed by atoms with E-state index in [9.17, 15) is 19.2 Å². The van der Waals surface area contributed by atoms with Crippen molar-refractivity contribution in [3.63, 3.8) is 0 Å². The van der Waals surface area contributed by atoms with Crippen molar-refractivity contribution < 1.29 is 29.1 Å². The molecule has 3 rings (SSSR count). The molecule has 1 aliphatic rings. The van der Waals surface area contributed by atoms with Crippen molar-refractivity contribution in [2.45, 2.75) is 76.9 Å². The molecule has 3 N–H and O–H groups in total. The van der Waals surface area contributed by atoms with E-state index in [-0.39, 0.29) is 30.7 Å². The van der Waals surface area contributed by atoms with Crippen LogP contribution in [0.3, 0.4) is 0 Å². The van der Waals surface area contributed by atoms with Crippen molar-refractivity contribution >= 4 is 29.9 Å². The molecule has 0 spiro atoms. The molecular formula is C32H40N4O6. The van der Waals surface area contributed by atoms with Gasteiger partial charge in [-0.05, 0) is 42.4 Å². The smallest absolute Gasteiger partial charge is 0.306 e. The van der Waals surface area contributed by atoms with Crippen LogP contribution >= 0.6 is 0 Å². The van der Waals surface area contributed by atoms with Crippen LogP contribution in [-0.4, -0.2) is 46.6 Å². The lowest BCUT2D eigenvalue weighted by atomic mass is 10.1. The number of nitrogens with one attached hydrogen (secondary N) is 2. The Kier molecular flexibility index (Phi) is 13.9. The lowest BCUT2D eigenvalue weighted by Crippen LogP contribution is -2.35. The first-order valence-corrected chi connectivity index (χ1v) is 14.5. The molecule has 0 saturated carbocycles. The van der Waals surface area contributed by atoms with E-state index in [4.69, 9.17) is 9.94 Å². The number of hydrogen-bond acceptors (Lipinski definition) is 7. The summed E-state index contributed by atoms with van der Waals surface area (Å²) in [6, 6.07) is 17.0. The van der Waals surface area contributed by atoms with Gasteiger partial charge in [-0.1, -0.05) is 79.6 Å². The molecule has 42 heavy (non-hydrogen) atoms. The molecule has 0 unspecified atom stereocenters. The van der Waals surface area contributed by atoms with Crippen LogP contribution in [-0.2, 0) is 30.5 Å². The first kappa shape index (κ1) is 32.2. The number of cyclic esters (lactones) is 1. The second-order valence-corrected chi connectivity index (χ2v) is 10.2. The molecule has 3 amide bonds. The van der Waals surface area contributed by atoms with Gasteiger partial charge in [0.2, 0.25) is 17.7 Å². The number of ether oxygens (including phenoxy) is 1. The number of nitrogens with zero attached hydrogens (tertiary/aromatic N) is 2. The molecule has 0 saturated heterocycles. The van der Waals surface area contributed by atoms with Crippen LogP contribution in [0.1, 0.15) is 87.0 Å². The van der Waals surface area contributed by atoms with E-state index in [1.807, 2.05) is 66.7 Å². The summed E-state index contributed by atoms with van der Waals surface area (Å²) >= 11 is 0. The predicted molar refractivity (Wildman–Crippen MR) is 158 cm³/mol. The van der Waals surface area contributed by atoms with Gasteiger partial charge >= 0.3 is 5.97 Å². The van der Waals surface area contributed by atoms with Crippen molar-refractivity contribution in [2.75, 3.05) is 6.54 Å². The van der Waals surface area contributed by atoms with Gasteiger partial charge < -0.3 is 9.64 Å². The molecule has 0 bridgehead atoms. The Morgan fingerprint density at radius 3 is 2.26 bits per heavy atom. The van der Waals surface area contributed by atoms with Gasteiger partial charge in [0.15, 0.2) is 0 Å². The Bertz CT molecular complexity index is 1210. The Hall–Kier alpha value is -4.31. The fourth-order valence-electron chi connectivity index (χ4n) is 4.50.